The van der Waals surface area contributed by atoms with E-state index >= 15 is 0 Å². The summed E-state index contributed by atoms with van der Waals surface area (Å²) in [6.07, 6.45) is 10.6. The maximum atomic E-state index is 6.61. The first-order chi connectivity index (χ1) is 8.62. The first-order valence-electron chi connectivity index (χ1n) is 5.79. The van der Waals surface area contributed by atoms with Crippen LogP contribution in [0.15, 0.2) is 72.2 Å². The third-order valence-electron chi connectivity index (χ3n) is 2.47. The third kappa shape index (κ3) is 4.24. The van der Waals surface area contributed by atoms with Gasteiger partial charge in [0.25, 0.3) is 0 Å². The summed E-state index contributed by atoms with van der Waals surface area (Å²) in [6.45, 7) is 5.76. The van der Waals surface area contributed by atoms with E-state index in [1.54, 1.807) is 0 Å². The second kappa shape index (κ2) is 7.73. The molecular weight excluding hydrogens is 283 g/mol. The van der Waals surface area contributed by atoms with Crippen LogP contribution in [-0.2, 0) is 0 Å². The van der Waals surface area contributed by atoms with Gasteiger partial charge in [-0.3, -0.25) is 0 Å². The van der Waals surface area contributed by atoms with Crippen LogP contribution in [0.25, 0.3) is 0 Å². The highest BCUT2D eigenvalue weighted by Crippen LogP contribution is 2.69. The Bertz CT molecular complexity index is 421. The normalized spacial score (nSPS) is 15.1. The van der Waals surface area contributed by atoms with Gasteiger partial charge in [-0.15, -0.1) is 6.58 Å². The smallest absolute Gasteiger partial charge is 0.0403 e. The fourth-order valence-electron chi connectivity index (χ4n) is 1.54. The summed E-state index contributed by atoms with van der Waals surface area (Å²) in [5, 5.41) is 0.0805. The Labute approximate surface area is 120 Å². The molecule has 0 heterocycles. The fraction of sp³-hybridized carbons (Fsp3) is 0.200. The van der Waals surface area contributed by atoms with Gasteiger partial charge in [-0.2, -0.15) is 0 Å². The molecule has 98 valence electrons. The Hall–Kier alpha value is -0.630. The fourth-order valence-corrected chi connectivity index (χ4v) is 4.48. The highest BCUT2D eigenvalue weighted by atomic mass is 36.0. The molecule has 0 bridgehead atoms. The molecule has 1 aromatic rings. The van der Waals surface area contributed by atoms with E-state index in [-0.39, 0.29) is 5.25 Å². The van der Waals surface area contributed by atoms with Gasteiger partial charge < -0.3 is 0 Å². The zero-order chi connectivity index (χ0) is 13.4. The summed E-state index contributed by atoms with van der Waals surface area (Å²) in [4.78, 5) is 0.991. The molecule has 0 N–H and O–H groups in total. The van der Waals surface area contributed by atoms with Crippen LogP contribution >= 0.6 is 29.8 Å². The van der Waals surface area contributed by atoms with Gasteiger partial charge in [0.2, 0.25) is 0 Å². The van der Waals surface area contributed by atoms with Crippen LogP contribution in [0.5, 0.6) is 0 Å². The number of rotatable bonds is 6. The average molecular weight is 301 g/mol. The van der Waals surface area contributed by atoms with Crippen LogP contribution in [0, 0.1) is 0 Å². The van der Waals surface area contributed by atoms with E-state index in [1.807, 2.05) is 61.6 Å². The van der Waals surface area contributed by atoms with Gasteiger partial charge in [0.05, 0.1) is 0 Å². The van der Waals surface area contributed by atoms with Crippen LogP contribution in [0.3, 0.4) is 0 Å². The van der Waals surface area contributed by atoms with Crippen LogP contribution in [0.1, 0.15) is 13.3 Å². The predicted molar refractivity (Wildman–Crippen MR) is 86.6 cm³/mol. The number of hydrogen-bond donors (Lipinski definition) is 0. The topological polar surface area (TPSA) is 0 Å². The van der Waals surface area contributed by atoms with Crippen molar-refractivity contribution in [3.8, 4) is 0 Å². The molecule has 1 rings (SSSR count). The van der Waals surface area contributed by atoms with Gasteiger partial charge in [0, 0.05) is 10.1 Å². The quantitative estimate of drug-likeness (QED) is 0.431. The zero-order valence-corrected chi connectivity index (χ0v) is 12.8. The highest BCUT2D eigenvalue weighted by molar-refractivity contribution is 8.66. The molecule has 0 radical (unpaired) electrons. The second-order valence-corrected chi connectivity index (χ2v) is 9.28. The van der Waals surface area contributed by atoms with E-state index in [0.29, 0.717) is 0 Å². The Morgan fingerprint density at radius 3 is 2.44 bits per heavy atom. The average Bonchev–Trinajstić information content (AvgIpc) is 2.39. The molecular formula is C15H18Cl2S. The lowest BCUT2D eigenvalue weighted by Crippen LogP contribution is -2.06. The molecule has 1 aromatic carbocycles. The van der Waals surface area contributed by atoms with E-state index in [9.17, 15) is 0 Å². The zero-order valence-electron chi connectivity index (χ0n) is 10.4. The van der Waals surface area contributed by atoms with Crippen molar-refractivity contribution in [1.29, 1.82) is 0 Å². The molecule has 18 heavy (non-hydrogen) atoms. The number of hydrogen-bond acceptors (Lipinski definition) is 0. The van der Waals surface area contributed by atoms with E-state index in [4.69, 9.17) is 21.4 Å². The molecule has 0 nitrogen and oxygen atoms in total. The van der Waals surface area contributed by atoms with Gasteiger partial charge in [-0.05, 0) is 55.3 Å². The largest absolute Gasteiger partial charge is 0.103 e. The monoisotopic (exact) mass is 300 g/mol. The molecule has 0 aromatic heterocycles. The van der Waals surface area contributed by atoms with Gasteiger partial charge >= 0.3 is 0 Å². The van der Waals surface area contributed by atoms with Crippen LogP contribution < -0.4 is 0 Å². The van der Waals surface area contributed by atoms with Crippen molar-refractivity contribution in [3.05, 3.63) is 67.3 Å². The Balaban J connectivity index is 2.99. The van der Waals surface area contributed by atoms with Crippen molar-refractivity contribution in [2.75, 3.05) is 0 Å². The molecule has 0 spiro atoms. The maximum absolute atomic E-state index is 6.61. The van der Waals surface area contributed by atoms with E-state index < -0.39 is 8.46 Å². The summed E-state index contributed by atoms with van der Waals surface area (Å²) in [7, 11) is 11.3. The maximum Gasteiger partial charge on any atom is 0.0403 e. The first kappa shape index (κ1) is 15.4. The van der Waals surface area contributed by atoms with Crippen molar-refractivity contribution < 1.29 is 0 Å². The Kier molecular flexibility index (Phi) is 6.62. The van der Waals surface area contributed by atoms with E-state index in [2.05, 4.69) is 12.7 Å². The van der Waals surface area contributed by atoms with Crippen molar-refractivity contribution >= 4 is 29.8 Å². The van der Waals surface area contributed by atoms with Crippen LogP contribution in [-0.4, -0.2) is 5.25 Å². The van der Waals surface area contributed by atoms with Crippen LogP contribution in [0.2, 0.25) is 0 Å². The summed E-state index contributed by atoms with van der Waals surface area (Å²) in [5.74, 6) is 0. The molecule has 0 aliphatic rings. The molecule has 0 fully saturated rings. The van der Waals surface area contributed by atoms with Crippen molar-refractivity contribution in [1.82, 2.24) is 0 Å². The minimum Gasteiger partial charge on any atom is -0.103 e. The van der Waals surface area contributed by atoms with Gasteiger partial charge in [0.1, 0.15) is 0 Å². The van der Waals surface area contributed by atoms with E-state index in [1.165, 1.54) is 0 Å². The molecule has 0 aliphatic heterocycles. The lowest BCUT2D eigenvalue weighted by Gasteiger charge is -2.32. The first-order valence-corrected chi connectivity index (χ1v) is 9.14. The minimum atomic E-state index is -1.89. The number of halogens is 2. The lowest BCUT2D eigenvalue weighted by molar-refractivity contribution is 1.07. The standard InChI is InChI=1S/C15H18Cl2S/c1-3-5-7-11-14(10-4-2)18(16,17)15-12-8-6-9-13-15/h3-9,11-14H,2,10H2,1H3/b5-3-,11-7-. The molecule has 0 amide bonds. The second-order valence-electron chi connectivity index (χ2n) is 3.80. The summed E-state index contributed by atoms with van der Waals surface area (Å²) >= 11 is 0. The number of benzene rings is 1. The van der Waals surface area contributed by atoms with Crippen molar-refractivity contribution in [3.63, 3.8) is 0 Å². The summed E-state index contributed by atoms with van der Waals surface area (Å²) in [5.41, 5.74) is 0. The lowest BCUT2D eigenvalue weighted by atomic mass is 10.3. The molecule has 1 unspecified atom stereocenters. The molecule has 3 heteroatoms. The predicted octanol–water partition coefficient (Wildman–Crippen LogP) is 6.23. The number of allylic oxidation sites excluding steroid dienone is 4. The third-order valence-corrected chi connectivity index (χ3v) is 6.92. The van der Waals surface area contributed by atoms with E-state index in [0.717, 1.165) is 11.3 Å². The molecule has 0 saturated carbocycles. The van der Waals surface area contributed by atoms with Gasteiger partial charge in [-0.1, -0.05) is 48.6 Å². The minimum absolute atomic E-state index is 0.0805. The van der Waals surface area contributed by atoms with Crippen LogP contribution in [0.4, 0.5) is 0 Å². The SMILES string of the molecule is C=CCC(/C=C\C=C/C)S(Cl)(Cl)c1ccccc1. The molecule has 0 aliphatic carbocycles. The summed E-state index contributed by atoms with van der Waals surface area (Å²) in [6, 6.07) is 9.85. The highest BCUT2D eigenvalue weighted by Gasteiger charge is 2.28. The van der Waals surface area contributed by atoms with Crippen molar-refractivity contribution in [2.24, 2.45) is 0 Å². The Morgan fingerprint density at radius 1 is 1.22 bits per heavy atom. The van der Waals surface area contributed by atoms with Crippen molar-refractivity contribution in [2.45, 2.75) is 23.5 Å². The Morgan fingerprint density at radius 2 is 1.89 bits per heavy atom. The molecule has 1 atom stereocenters. The summed E-state index contributed by atoms with van der Waals surface area (Å²) < 4.78 is 0. The van der Waals surface area contributed by atoms with Gasteiger partial charge in [0.15, 0.2) is 0 Å². The van der Waals surface area contributed by atoms with Gasteiger partial charge in [-0.25, -0.2) is 0 Å². The molecule has 0 saturated heterocycles.